The molecular formula is C37H37N3O4. The molecule has 0 spiro atoms. The van der Waals surface area contributed by atoms with Crippen molar-refractivity contribution in [2.24, 2.45) is 0 Å². The van der Waals surface area contributed by atoms with Gasteiger partial charge in [0, 0.05) is 42.7 Å². The largest absolute Gasteiger partial charge is 0.392 e. The summed E-state index contributed by atoms with van der Waals surface area (Å²) in [6.07, 6.45) is 3.03. The molecule has 224 valence electrons. The molecule has 0 saturated carbocycles. The van der Waals surface area contributed by atoms with E-state index in [2.05, 4.69) is 71.6 Å². The molecule has 7 heteroatoms. The van der Waals surface area contributed by atoms with Crippen molar-refractivity contribution in [1.29, 1.82) is 0 Å². The molecule has 1 aromatic heterocycles. The van der Waals surface area contributed by atoms with Gasteiger partial charge in [-0.25, -0.2) is 0 Å². The SMILES string of the molecule is CC(c1ccc2ccccc2c1)N(C)CC1CC(c2ccc(CO)cc2)OC(c2ccc(NC(=O)c3cccnc3)cc2)O1. The summed E-state index contributed by atoms with van der Waals surface area (Å²) in [5, 5.41) is 14.9. The second-order valence-corrected chi connectivity index (χ2v) is 11.4. The number of nitrogens with one attached hydrogen (secondary N) is 1. The maximum absolute atomic E-state index is 12.6. The van der Waals surface area contributed by atoms with Gasteiger partial charge >= 0.3 is 0 Å². The first-order valence-corrected chi connectivity index (χ1v) is 15.0. The van der Waals surface area contributed by atoms with Gasteiger partial charge in [-0.05, 0) is 71.8 Å². The molecule has 1 aliphatic heterocycles. The Kier molecular flexibility index (Phi) is 9.09. The summed E-state index contributed by atoms with van der Waals surface area (Å²) >= 11 is 0. The lowest BCUT2D eigenvalue weighted by molar-refractivity contribution is -0.253. The van der Waals surface area contributed by atoms with E-state index in [-0.39, 0.29) is 30.8 Å². The van der Waals surface area contributed by atoms with Gasteiger partial charge in [0.15, 0.2) is 6.29 Å². The molecule has 4 aromatic carbocycles. The third kappa shape index (κ3) is 6.87. The lowest BCUT2D eigenvalue weighted by atomic mass is 9.98. The number of hydrogen-bond donors (Lipinski definition) is 2. The molecule has 6 rings (SSSR count). The van der Waals surface area contributed by atoms with Crippen LogP contribution in [0.1, 0.15) is 64.4 Å². The third-order valence-electron chi connectivity index (χ3n) is 8.39. The first-order valence-electron chi connectivity index (χ1n) is 15.0. The molecule has 2 heterocycles. The Bertz CT molecular complexity index is 1690. The van der Waals surface area contributed by atoms with Crippen molar-refractivity contribution in [3.63, 3.8) is 0 Å². The average Bonchev–Trinajstić information content (AvgIpc) is 3.08. The number of aliphatic hydroxyl groups is 1. The molecule has 0 bridgehead atoms. The summed E-state index contributed by atoms with van der Waals surface area (Å²) in [6, 6.07) is 34.2. The van der Waals surface area contributed by atoms with Gasteiger partial charge in [0.1, 0.15) is 0 Å². The maximum Gasteiger partial charge on any atom is 0.257 e. The predicted molar refractivity (Wildman–Crippen MR) is 172 cm³/mol. The normalized spacial score (nSPS) is 19.1. The first kappa shape index (κ1) is 29.7. The Labute approximate surface area is 258 Å². The fourth-order valence-electron chi connectivity index (χ4n) is 5.66. The number of nitrogens with zero attached hydrogens (tertiary/aromatic N) is 2. The maximum atomic E-state index is 12.6. The molecule has 4 unspecified atom stereocenters. The van der Waals surface area contributed by atoms with Crippen LogP contribution in [0.5, 0.6) is 0 Å². The summed E-state index contributed by atoms with van der Waals surface area (Å²) in [5.74, 6) is -0.217. The number of rotatable bonds is 9. The fourth-order valence-corrected chi connectivity index (χ4v) is 5.66. The van der Waals surface area contributed by atoms with E-state index in [0.29, 0.717) is 17.7 Å². The van der Waals surface area contributed by atoms with Crippen molar-refractivity contribution in [2.75, 3.05) is 18.9 Å². The zero-order chi connectivity index (χ0) is 30.5. The number of amides is 1. The predicted octanol–water partition coefficient (Wildman–Crippen LogP) is 7.22. The Morgan fingerprint density at radius 2 is 1.68 bits per heavy atom. The van der Waals surface area contributed by atoms with E-state index in [1.54, 1.807) is 24.5 Å². The summed E-state index contributed by atoms with van der Waals surface area (Å²) < 4.78 is 13.1. The monoisotopic (exact) mass is 587 g/mol. The van der Waals surface area contributed by atoms with Crippen LogP contribution in [0.2, 0.25) is 0 Å². The highest BCUT2D eigenvalue weighted by atomic mass is 16.7. The van der Waals surface area contributed by atoms with Gasteiger partial charge in [-0.1, -0.05) is 72.8 Å². The highest BCUT2D eigenvalue weighted by Crippen LogP contribution is 2.39. The van der Waals surface area contributed by atoms with E-state index in [0.717, 1.165) is 23.2 Å². The fraction of sp³-hybridized carbons (Fsp3) is 0.243. The molecule has 7 nitrogen and oxygen atoms in total. The number of likely N-dealkylation sites (N-methyl/N-ethyl adjacent to an activating group) is 1. The first-order chi connectivity index (χ1) is 21.5. The van der Waals surface area contributed by atoms with Crippen molar-refractivity contribution in [3.05, 3.63) is 143 Å². The molecule has 1 saturated heterocycles. The standard InChI is InChI=1S/C37H37N3O4/c1-25(30-14-13-27-6-3-4-7-31(27)20-30)40(2)23-34-21-35(28-11-9-26(24-41)10-12-28)44-37(43-34)29-15-17-33(18-16-29)39-36(42)32-8-5-19-38-22-32/h3-20,22,25,34-35,37,41H,21,23-24H2,1-2H3,(H,39,42). The smallest absolute Gasteiger partial charge is 0.257 e. The molecular weight excluding hydrogens is 550 g/mol. The number of aliphatic hydroxyl groups excluding tert-OH is 1. The topological polar surface area (TPSA) is 83.9 Å². The van der Waals surface area contributed by atoms with E-state index in [1.165, 1.54) is 16.3 Å². The van der Waals surface area contributed by atoms with Crippen molar-refractivity contribution < 1.29 is 19.4 Å². The average molecular weight is 588 g/mol. The van der Waals surface area contributed by atoms with E-state index in [4.69, 9.17) is 9.47 Å². The number of benzene rings is 4. The van der Waals surface area contributed by atoms with Crippen LogP contribution < -0.4 is 5.32 Å². The molecule has 0 radical (unpaired) electrons. The molecule has 5 aromatic rings. The quantitative estimate of drug-likeness (QED) is 0.190. The van der Waals surface area contributed by atoms with Gasteiger partial charge in [0.2, 0.25) is 0 Å². The number of anilines is 1. The Morgan fingerprint density at radius 1 is 0.932 bits per heavy atom. The van der Waals surface area contributed by atoms with Crippen LogP contribution in [0.25, 0.3) is 10.8 Å². The molecule has 0 aliphatic carbocycles. The molecule has 44 heavy (non-hydrogen) atoms. The molecule has 1 aliphatic rings. The van der Waals surface area contributed by atoms with Crippen LogP contribution in [-0.2, 0) is 16.1 Å². The van der Waals surface area contributed by atoms with Crippen molar-refractivity contribution in [1.82, 2.24) is 9.88 Å². The Hall–Kier alpha value is -4.40. The van der Waals surface area contributed by atoms with Crippen LogP contribution >= 0.6 is 0 Å². The van der Waals surface area contributed by atoms with E-state index in [1.807, 2.05) is 48.5 Å². The van der Waals surface area contributed by atoms with Crippen LogP contribution in [0.15, 0.2) is 116 Å². The third-order valence-corrected chi connectivity index (χ3v) is 8.39. The molecule has 2 N–H and O–H groups in total. The van der Waals surface area contributed by atoms with Crippen LogP contribution in [0.3, 0.4) is 0 Å². The molecule has 1 fully saturated rings. The minimum atomic E-state index is -0.580. The van der Waals surface area contributed by atoms with Gasteiger partial charge in [0.05, 0.1) is 24.4 Å². The van der Waals surface area contributed by atoms with E-state index >= 15 is 0 Å². The zero-order valence-corrected chi connectivity index (χ0v) is 25.0. The zero-order valence-electron chi connectivity index (χ0n) is 25.0. The van der Waals surface area contributed by atoms with Gasteiger partial charge in [-0.2, -0.15) is 0 Å². The van der Waals surface area contributed by atoms with Gasteiger partial charge in [-0.3, -0.25) is 14.7 Å². The summed E-state index contributed by atoms with van der Waals surface area (Å²) in [5.41, 5.74) is 5.21. The lowest BCUT2D eigenvalue weighted by Crippen LogP contribution is -2.38. The highest BCUT2D eigenvalue weighted by Gasteiger charge is 2.33. The summed E-state index contributed by atoms with van der Waals surface area (Å²) in [7, 11) is 2.14. The lowest BCUT2D eigenvalue weighted by Gasteiger charge is -2.39. The Balaban J connectivity index is 1.19. The van der Waals surface area contributed by atoms with Crippen LogP contribution in [0.4, 0.5) is 5.69 Å². The van der Waals surface area contributed by atoms with Gasteiger partial charge in [-0.15, -0.1) is 0 Å². The van der Waals surface area contributed by atoms with E-state index < -0.39 is 6.29 Å². The number of ether oxygens (including phenoxy) is 2. The highest BCUT2D eigenvalue weighted by molar-refractivity contribution is 6.04. The second kappa shape index (κ2) is 13.5. The summed E-state index contributed by atoms with van der Waals surface area (Å²) in [4.78, 5) is 18.9. The number of hydrogen-bond acceptors (Lipinski definition) is 6. The van der Waals surface area contributed by atoms with Crippen molar-refractivity contribution in [2.45, 2.75) is 44.5 Å². The number of carbonyl (C=O) groups excluding carboxylic acids is 1. The number of carbonyl (C=O) groups is 1. The molecule has 4 atom stereocenters. The number of fused-ring (bicyclic) bond motifs is 1. The summed E-state index contributed by atoms with van der Waals surface area (Å²) in [6.45, 7) is 2.95. The van der Waals surface area contributed by atoms with Crippen LogP contribution in [0, 0.1) is 0 Å². The van der Waals surface area contributed by atoms with E-state index in [9.17, 15) is 9.90 Å². The van der Waals surface area contributed by atoms with Crippen molar-refractivity contribution in [3.8, 4) is 0 Å². The Morgan fingerprint density at radius 3 is 2.41 bits per heavy atom. The van der Waals surface area contributed by atoms with Gasteiger partial charge < -0.3 is 19.9 Å². The minimum Gasteiger partial charge on any atom is -0.392 e. The molecule has 1 amide bonds. The minimum absolute atomic E-state index is 0.00128. The second-order valence-electron chi connectivity index (χ2n) is 11.4. The van der Waals surface area contributed by atoms with Crippen LogP contribution in [-0.4, -0.2) is 40.6 Å². The number of pyridine rings is 1. The van der Waals surface area contributed by atoms with Gasteiger partial charge in [0.25, 0.3) is 5.91 Å². The number of aromatic nitrogens is 1. The van der Waals surface area contributed by atoms with Crippen molar-refractivity contribution >= 4 is 22.4 Å².